The molecule has 0 fully saturated rings. The maximum atomic E-state index is 9.72. The summed E-state index contributed by atoms with van der Waals surface area (Å²) in [6.07, 6.45) is 16.6. The van der Waals surface area contributed by atoms with Crippen molar-refractivity contribution < 1.29 is 33.6 Å². The summed E-state index contributed by atoms with van der Waals surface area (Å²) in [7, 11) is 4.45. The van der Waals surface area contributed by atoms with Gasteiger partial charge in [0.2, 0.25) is 0 Å². The lowest BCUT2D eigenvalue weighted by Gasteiger charge is -2.31. The number of quaternary nitrogens is 1. The van der Waals surface area contributed by atoms with Gasteiger partial charge in [-0.25, -0.2) is 0 Å². The molecule has 1 unspecified atom stereocenters. The monoisotopic (exact) mass is 505 g/mol. The van der Waals surface area contributed by atoms with E-state index in [1.165, 1.54) is 83.6 Å². The van der Waals surface area contributed by atoms with Crippen molar-refractivity contribution in [3.05, 3.63) is 0 Å². The molecule has 0 aromatic rings. The molecule has 2 nitrogen and oxygen atoms in total. The molecule has 0 aliphatic carbocycles. The van der Waals surface area contributed by atoms with Gasteiger partial charge >= 0.3 is 0 Å². The molecule has 0 saturated heterocycles. The van der Waals surface area contributed by atoms with Crippen molar-refractivity contribution in [2.75, 3.05) is 32.5 Å². The lowest BCUT2D eigenvalue weighted by molar-refractivity contribution is -0.893. The Hall–Kier alpha value is 1.13. The number of unbranched alkanes of at least 4 members (excludes halogenated alkanes) is 11. The van der Waals surface area contributed by atoms with Gasteiger partial charge in [0.15, 0.2) is 0 Å². The van der Waals surface area contributed by atoms with E-state index in [0.717, 1.165) is 11.0 Å². The highest BCUT2D eigenvalue weighted by Crippen LogP contribution is 2.13. The fourth-order valence-electron chi connectivity index (χ4n) is 3.09. The van der Waals surface area contributed by atoms with Crippen molar-refractivity contribution >= 4 is 15.9 Å². The van der Waals surface area contributed by atoms with Gasteiger partial charge in [-0.1, -0.05) is 87.1 Å². The Morgan fingerprint density at radius 2 is 1.17 bits per heavy atom. The van der Waals surface area contributed by atoms with Crippen LogP contribution in [-0.4, -0.2) is 48.2 Å². The topological polar surface area (TPSA) is 20.2 Å². The van der Waals surface area contributed by atoms with Crippen LogP contribution in [0.1, 0.15) is 84.0 Å². The molecule has 1 N–H and O–H groups in total. The van der Waals surface area contributed by atoms with E-state index in [0.29, 0.717) is 5.33 Å². The summed E-state index contributed by atoms with van der Waals surface area (Å²) in [4.78, 5) is 0. The number of alkyl halides is 1. The molecule has 0 heterocycles. The number of hydrogen-bond acceptors (Lipinski definition) is 1. The Morgan fingerprint density at radius 1 is 0.783 bits per heavy atom. The number of likely N-dealkylation sites (N-methyl/N-ethyl adjacent to an activating group) is 1. The highest BCUT2D eigenvalue weighted by Gasteiger charge is 2.18. The molecule has 0 bridgehead atoms. The second kappa shape index (κ2) is 17.9. The maximum Gasteiger partial charge on any atom is 0.112 e. The summed E-state index contributed by atoms with van der Waals surface area (Å²) in [5.41, 5.74) is 0. The van der Waals surface area contributed by atoms with Crippen LogP contribution in [0.5, 0.6) is 0 Å². The molecular formula is C19H41BrINO. The number of aliphatic hydroxyl groups is 1. The number of hydrogen-bond donors (Lipinski definition) is 1. The molecule has 0 spiro atoms. The Bertz CT molecular complexity index is 239. The van der Waals surface area contributed by atoms with Crippen LogP contribution in [0.3, 0.4) is 0 Å². The van der Waals surface area contributed by atoms with Crippen LogP contribution in [0.2, 0.25) is 0 Å². The summed E-state index contributed by atoms with van der Waals surface area (Å²) in [5, 5.41) is 10.4. The summed E-state index contributed by atoms with van der Waals surface area (Å²) < 4.78 is 0.935. The lowest BCUT2D eigenvalue weighted by atomic mass is 10.1. The first-order valence-corrected chi connectivity index (χ1v) is 10.7. The lowest BCUT2D eigenvalue weighted by Crippen LogP contribution is -3.00. The van der Waals surface area contributed by atoms with Gasteiger partial charge in [0.25, 0.3) is 0 Å². The normalized spacial score (nSPS) is 12.9. The Labute approximate surface area is 171 Å². The second-order valence-corrected chi connectivity index (χ2v) is 8.19. The summed E-state index contributed by atoms with van der Waals surface area (Å²) in [5.74, 6) is 0. The van der Waals surface area contributed by atoms with Crippen LogP contribution < -0.4 is 24.0 Å². The first-order chi connectivity index (χ1) is 10.5. The van der Waals surface area contributed by atoms with Gasteiger partial charge in [-0.05, 0) is 12.8 Å². The zero-order valence-corrected chi connectivity index (χ0v) is 19.6. The van der Waals surface area contributed by atoms with Gasteiger partial charge in [-0.3, -0.25) is 0 Å². The van der Waals surface area contributed by atoms with Crippen molar-refractivity contribution in [3.63, 3.8) is 0 Å². The third kappa shape index (κ3) is 19.3. The van der Waals surface area contributed by atoms with Crippen molar-refractivity contribution in [1.82, 2.24) is 0 Å². The first-order valence-electron chi connectivity index (χ1n) is 9.58. The van der Waals surface area contributed by atoms with Crippen LogP contribution >= 0.6 is 15.9 Å². The van der Waals surface area contributed by atoms with Gasteiger partial charge in [-0.2, -0.15) is 0 Å². The zero-order chi connectivity index (χ0) is 16.7. The Balaban J connectivity index is 0. The van der Waals surface area contributed by atoms with Gasteiger partial charge < -0.3 is 33.6 Å². The fraction of sp³-hybridized carbons (Fsp3) is 1.00. The average Bonchev–Trinajstić information content (AvgIpc) is 2.47. The van der Waals surface area contributed by atoms with E-state index in [4.69, 9.17) is 0 Å². The molecule has 0 aromatic carbocycles. The molecule has 0 aromatic heterocycles. The highest BCUT2D eigenvalue weighted by molar-refractivity contribution is 9.09. The smallest absolute Gasteiger partial charge is 0.112 e. The minimum absolute atomic E-state index is 0. The third-order valence-corrected chi connectivity index (χ3v) is 5.25. The first kappa shape index (κ1) is 26.4. The van der Waals surface area contributed by atoms with E-state index in [1.54, 1.807) is 0 Å². The molecule has 0 saturated carbocycles. The quantitative estimate of drug-likeness (QED) is 0.148. The molecular weight excluding hydrogens is 465 g/mol. The molecule has 0 aliphatic heterocycles. The van der Waals surface area contributed by atoms with Gasteiger partial charge in [-0.15, -0.1) is 0 Å². The molecule has 0 aliphatic rings. The van der Waals surface area contributed by atoms with Crippen molar-refractivity contribution in [1.29, 1.82) is 0 Å². The molecule has 0 amide bonds. The van der Waals surface area contributed by atoms with Crippen molar-refractivity contribution in [2.24, 2.45) is 0 Å². The van der Waals surface area contributed by atoms with Crippen LogP contribution in [0, 0.1) is 0 Å². The minimum Gasteiger partial charge on any atom is -1.00 e. The van der Waals surface area contributed by atoms with Gasteiger partial charge in [0.1, 0.15) is 12.6 Å². The van der Waals surface area contributed by atoms with Crippen LogP contribution in [0.25, 0.3) is 0 Å². The largest absolute Gasteiger partial charge is 1.00 e. The molecule has 4 heteroatoms. The van der Waals surface area contributed by atoms with E-state index in [9.17, 15) is 5.11 Å². The third-order valence-electron chi connectivity index (χ3n) is 4.50. The SMILES string of the molecule is CCCCCCCCCCCCCC[N+](C)(C)CC(O)CBr.[I-]. The number of rotatable bonds is 16. The maximum absolute atomic E-state index is 9.72. The number of aliphatic hydroxyl groups excluding tert-OH is 1. The van der Waals surface area contributed by atoms with E-state index in [-0.39, 0.29) is 30.1 Å². The van der Waals surface area contributed by atoms with E-state index in [2.05, 4.69) is 36.9 Å². The molecule has 1 atom stereocenters. The minimum atomic E-state index is -0.215. The Morgan fingerprint density at radius 3 is 1.57 bits per heavy atom. The molecule has 142 valence electrons. The van der Waals surface area contributed by atoms with Crippen LogP contribution in [0.4, 0.5) is 0 Å². The fourth-order valence-corrected chi connectivity index (χ4v) is 3.30. The predicted octanol–water partition coefficient (Wildman–Crippen LogP) is 2.52. The number of nitrogens with zero attached hydrogens (tertiary/aromatic N) is 1. The van der Waals surface area contributed by atoms with Crippen molar-refractivity contribution in [3.8, 4) is 0 Å². The van der Waals surface area contributed by atoms with Gasteiger partial charge in [0.05, 0.1) is 20.6 Å². The standard InChI is InChI=1S/C19H41BrNO.HI/c1-4-5-6-7-8-9-10-11-12-13-14-15-16-21(2,3)18-19(22)17-20;/h19,22H,4-18H2,1-3H3;1H/q+1;/p-1. The molecule has 23 heavy (non-hydrogen) atoms. The van der Waals surface area contributed by atoms with E-state index in [1.807, 2.05) is 0 Å². The second-order valence-electron chi connectivity index (χ2n) is 7.54. The predicted molar refractivity (Wildman–Crippen MR) is 103 cm³/mol. The Kier molecular flexibility index (Phi) is 20.6. The summed E-state index contributed by atoms with van der Waals surface area (Å²) in [6.45, 7) is 4.31. The molecule has 0 radical (unpaired) electrons. The average molecular weight is 506 g/mol. The zero-order valence-electron chi connectivity index (χ0n) is 15.8. The highest BCUT2D eigenvalue weighted by atomic mass is 127. The molecule has 0 rings (SSSR count). The summed E-state index contributed by atoms with van der Waals surface area (Å²) >= 11 is 3.35. The number of halogens is 2. The van der Waals surface area contributed by atoms with Crippen LogP contribution in [-0.2, 0) is 0 Å². The van der Waals surface area contributed by atoms with Gasteiger partial charge in [0, 0.05) is 5.33 Å². The van der Waals surface area contributed by atoms with Crippen molar-refractivity contribution in [2.45, 2.75) is 90.1 Å². The van der Waals surface area contributed by atoms with E-state index >= 15 is 0 Å². The summed E-state index contributed by atoms with van der Waals surface area (Å²) in [6, 6.07) is 0. The van der Waals surface area contributed by atoms with E-state index < -0.39 is 0 Å². The van der Waals surface area contributed by atoms with Crippen LogP contribution in [0.15, 0.2) is 0 Å².